The zero-order valence-corrected chi connectivity index (χ0v) is 18.9. The summed E-state index contributed by atoms with van der Waals surface area (Å²) in [6.45, 7) is 1.96. The zero-order chi connectivity index (χ0) is 17.7. The molecule has 0 fully saturated rings. The van der Waals surface area contributed by atoms with Gasteiger partial charge in [-0.1, -0.05) is 28.1 Å². The van der Waals surface area contributed by atoms with Crippen LogP contribution in [0.4, 0.5) is 5.69 Å². The molecule has 4 nitrogen and oxygen atoms in total. The minimum Gasteiger partial charge on any atom is -0.375 e. The van der Waals surface area contributed by atoms with Crippen LogP contribution in [0.1, 0.15) is 12.5 Å². The van der Waals surface area contributed by atoms with Crippen molar-refractivity contribution in [2.75, 3.05) is 11.9 Å². The summed E-state index contributed by atoms with van der Waals surface area (Å²) in [4.78, 5) is 11.9. The molecular formula is C16H13Br4N3O. The molecule has 2 aromatic rings. The number of nitrogens with zero attached hydrogens (tertiary/aromatic N) is 1. The molecule has 0 heterocycles. The second-order valence-corrected chi connectivity index (χ2v) is 8.32. The van der Waals surface area contributed by atoms with Crippen molar-refractivity contribution in [1.82, 2.24) is 5.43 Å². The fourth-order valence-corrected chi connectivity index (χ4v) is 3.52. The Morgan fingerprint density at radius 3 is 2.29 bits per heavy atom. The first kappa shape index (κ1) is 19.6. The molecule has 0 spiro atoms. The van der Waals surface area contributed by atoms with E-state index < -0.39 is 0 Å². The van der Waals surface area contributed by atoms with E-state index in [1.807, 2.05) is 43.3 Å². The van der Waals surface area contributed by atoms with Crippen LogP contribution >= 0.6 is 63.7 Å². The van der Waals surface area contributed by atoms with Crippen molar-refractivity contribution in [3.63, 3.8) is 0 Å². The van der Waals surface area contributed by atoms with Crippen molar-refractivity contribution in [2.45, 2.75) is 6.92 Å². The standard InChI is InChI=1S/C16H13Br4N3O/c1-9(10-2-4-11(17)5-3-10)22-23-16(24)8-21-15-7-13(19)12(18)6-14(15)20/h2-7,21H,8H2,1H3,(H,23,24)/b22-9+. The minimum absolute atomic E-state index is 0.115. The predicted octanol–water partition coefficient (Wildman–Crippen LogP) is 5.69. The lowest BCUT2D eigenvalue weighted by atomic mass is 10.1. The van der Waals surface area contributed by atoms with Gasteiger partial charge in [0, 0.05) is 17.9 Å². The third kappa shape index (κ3) is 5.68. The van der Waals surface area contributed by atoms with E-state index in [2.05, 4.69) is 79.6 Å². The average Bonchev–Trinajstić information content (AvgIpc) is 2.55. The van der Waals surface area contributed by atoms with Gasteiger partial charge in [-0.3, -0.25) is 4.79 Å². The Balaban J connectivity index is 1.93. The lowest BCUT2D eigenvalue weighted by molar-refractivity contribution is -0.119. The third-order valence-electron chi connectivity index (χ3n) is 3.06. The summed E-state index contributed by atoms with van der Waals surface area (Å²) in [6, 6.07) is 11.5. The smallest absolute Gasteiger partial charge is 0.259 e. The van der Waals surface area contributed by atoms with Crippen LogP contribution in [0, 0.1) is 0 Å². The lowest BCUT2D eigenvalue weighted by Gasteiger charge is -2.09. The number of hydrogen-bond acceptors (Lipinski definition) is 3. The number of nitrogens with one attached hydrogen (secondary N) is 2. The molecule has 126 valence electrons. The zero-order valence-electron chi connectivity index (χ0n) is 12.5. The number of amides is 1. The Bertz CT molecular complexity index is 776. The van der Waals surface area contributed by atoms with Gasteiger partial charge in [-0.05, 0) is 84.5 Å². The van der Waals surface area contributed by atoms with Gasteiger partial charge < -0.3 is 5.32 Å². The summed E-state index contributed by atoms with van der Waals surface area (Å²) >= 11 is 13.7. The van der Waals surface area contributed by atoms with Crippen molar-refractivity contribution < 1.29 is 4.79 Å². The molecule has 0 bridgehead atoms. The number of anilines is 1. The first-order valence-corrected chi connectivity index (χ1v) is 10.0. The molecule has 1 amide bonds. The molecule has 0 atom stereocenters. The average molecular weight is 583 g/mol. The number of benzene rings is 2. The maximum Gasteiger partial charge on any atom is 0.259 e. The lowest BCUT2D eigenvalue weighted by Crippen LogP contribution is -2.26. The van der Waals surface area contributed by atoms with Crippen LogP contribution in [-0.2, 0) is 4.79 Å². The highest BCUT2D eigenvalue weighted by Gasteiger charge is 2.07. The largest absolute Gasteiger partial charge is 0.375 e. The van der Waals surface area contributed by atoms with Crippen LogP contribution in [0.5, 0.6) is 0 Å². The van der Waals surface area contributed by atoms with E-state index in [-0.39, 0.29) is 12.5 Å². The summed E-state index contributed by atoms with van der Waals surface area (Å²) in [5.74, 6) is -0.225. The van der Waals surface area contributed by atoms with Crippen LogP contribution in [0.25, 0.3) is 0 Å². The van der Waals surface area contributed by atoms with E-state index in [4.69, 9.17) is 0 Å². The van der Waals surface area contributed by atoms with Gasteiger partial charge >= 0.3 is 0 Å². The fourth-order valence-electron chi connectivity index (χ4n) is 1.77. The van der Waals surface area contributed by atoms with Gasteiger partial charge in [-0.25, -0.2) is 5.43 Å². The van der Waals surface area contributed by atoms with Gasteiger partial charge in [0.1, 0.15) is 0 Å². The van der Waals surface area contributed by atoms with E-state index in [0.29, 0.717) is 0 Å². The van der Waals surface area contributed by atoms with E-state index in [1.54, 1.807) is 0 Å². The normalized spacial score (nSPS) is 11.3. The first-order valence-electron chi connectivity index (χ1n) is 6.84. The van der Waals surface area contributed by atoms with E-state index >= 15 is 0 Å². The quantitative estimate of drug-likeness (QED) is 0.270. The molecule has 2 aromatic carbocycles. The fraction of sp³-hybridized carbons (Fsp3) is 0.125. The first-order chi connectivity index (χ1) is 11.4. The monoisotopic (exact) mass is 579 g/mol. The molecule has 0 radical (unpaired) electrons. The van der Waals surface area contributed by atoms with Crippen LogP contribution < -0.4 is 10.7 Å². The molecule has 0 aliphatic carbocycles. The number of carbonyl (C=O) groups is 1. The van der Waals surface area contributed by atoms with Crippen LogP contribution in [-0.4, -0.2) is 18.2 Å². The van der Waals surface area contributed by atoms with E-state index in [9.17, 15) is 4.79 Å². The van der Waals surface area contributed by atoms with Gasteiger partial charge in [0.15, 0.2) is 0 Å². The number of hydrogen-bond donors (Lipinski definition) is 2. The molecule has 0 aliphatic rings. The van der Waals surface area contributed by atoms with Crippen molar-refractivity contribution in [2.24, 2.45) is 5.10 Å². The second kappa shape index (κ2) is 9.12. The van der Waals surface area contributed by atoms with Gasteiger partial charge in [-0.2, -0.15) is 5.10 Å². The van der Waals surface area contributed by atoms with E-state index in [1.165, 1.54) is 0 Å². The molecule has 0 saturated heterocycles. The molecule has 8 heteroatoms. The summed E-state index contributed by atoms with van der Waals surface area (Å²) in [7, 11) is 0. The van der Waals surface area contributed by atoms with Crippen molar-refractivity contribution in [1.29, 1.82) is 0 Å². The third-order valence-corrected chi connectivity index (χ3v) is 6.09. The SMILES string of the molecule is C/C(=N\NC(=O)CNc1cc(Br)c(Br)cc1Br)c1ccc(Br)cc1. The summed E-state index contributed by atoms with van der Waals surface area (Å²) in [6.07, 6.45) is 0. The number of rotatable bonds is 5. The van der Waals surface area contributed by atoms with Crippen molar-refractivity contribution in [3.8, 4) is 0 Å². The highest BCUT2D eigenvalue weighted by molar-refractivity contribution is 9.13. The van der Waals surface area contributed by atoms with Gasteiger partial charge in [-0.15, -0.1) is 0 Å². The van der Waals surface area contributed by atoms with Gasteiger partial charge in [0.25, 0.3) is 5.91 Å². The highest BCUT2D eigenvalue weighted by Crippen LogP contribution is 2.32. The minimum atomic E-state index is -0.225. The number of halogens is 4. The highest BCUT2D eigenvalue weighted by atomic mass is 79.9. The Morgan fingerprint density at radius 2 is 1.62 bits per heavy atom. The Morgan fingerprint density at radius 1 is 1.00 bits per heavy atom. The van der Waals surface area contributed by atoms with Crippen LogP contribution in [0.15, 0.2) is 59.4 Å². The predicted molar refractivity (Wildman–Crippen MR) is 113 cm³/mol. The van der Waals surface area contributed by atoms with Crippen molar-refractivity contribution >= 4 is 81.0 Å². The number of hydrazone groups is 1. The molecule has 0 aliphatic heterocycles. The molecule has 0 unspecified atom stereocenters. The van der Waals surface area contributed by atoms with Crippen molar-refractivity contribution in [3.05, 3.63) is 59.9 Å². The molecule has 2 rings (SSSR count). The van der Waals surface area contributed by atoms with Gasteiger partial charge in [0.05, 0.1) is 17.9 Å². The Kier molecular flexibility index (Phi) is 7.46. The van der Waals surface area contributed by atoms with Crippen LogP contribution in [0.3, 0.4) is 0 Å². The summed E-state index contributed by atoms with van der Waals surface area (Å²) in [5, 5.41) is 7.19. The maximum atomic E-state index is 11.9. The van der Waals surface area contributed by atoms with Gasteiger partial charge in [0.2, 0.25) is 0 Å². The molecule has 0 aromatic heterocycles. The second-order valence-electron chi connectivity index (χ2n) is 4.84. The maximum absolute atomic E-state index is 11.9. The summed E-state index contributed by atoms with van der Waals surface area (Å²) < 4.78 is 3.69. The topological polar surface area (TPSA) is 53.5 Å². The van der Waals surface area contributed by atoms with Crippen LogP contribution in [0.2, 0.25) is 0 Å². The Labute approximate surface area is 174 Å². The molecule has 24 heavy (non-hydrogen) atoms. The Hall–Kier alpha value is -0.700. The molecule has 2 N–H and O–H groups in total. The summed E-state index contributed by atoms with van der Waals surface area (Å²) in [5.41, 5.74) is 5.05. The number of carbonyl (C=O) groups excluding carboxylic acids is 1. The molecule has 0 saturated carbocycles. The van der Waals surface area contributed by atoms with E-state index in [0.717, 1.165) is 34.9 Å². The molecular weight excluding hydrogens is 570 g/mol.